The number of nitrogens with one attached hydrogen (secondary N) is 2. The van der Waals surface area contributed by atoms with E-state index in [0.717, 1.165) is 35.9 Å². The molecule has 0 aliphatic rings. The first-order valence-electron chi connectivity index (χ1n) is 6.44. The van der Waals surface area contributed by atoms with Gasteiger partial charge in [0.2, 0.25) is 0 Å². The molecule has 1 atom stereocenters. The fourth-order valence-corrected chi connectivity index (χ4v) is 1.84. The van der Waals surface area contributed by atoms with Crippen LogP contribution in [-0.4, -0.2) is 23.1 Å². The van der Waals surface area contributed by atoms with Gasteiger partial charge in [0.25, 0.3) is 0 Å². The number of anilines is 2. The quantitative estimate of drug-likeness (QED) is 0.797. The Labute approximate surface area is 104 Å². The van der Waals surface area contributed by atoms with Crippen molar-refractivity contribution in [2.45, 2.75) is 53.0 Å². The molecule has 0 fully saturated rings. The molecule has 4 nitrogen and oxygen atoms in total. The van der Waals surface area contributed by atoms with Crippen LogP contribution in [-0.2, 0) is 6.42 Å². The smallest absolute Gasteiger partial charge is 0.134 e. The van der Waals surface area contributed by atoms with Crippen molar-refractivity contribution in [3.05, 3.63) is 11.4 Å². The van der Waals surface area contributed by atoms with Crippen molar-refractivity contribution < 1.29 is 0 Å². The number of nitrogens with zero attached hydrogens (tertiary/aromatic N) is 2. The molecule has 96 valence electrons. The highest BCUT2D eigenvalue weighted by Crippen LogP contribution is 2.21. The Kier molecular flexibility index (Phi) is 5.19. The summed E-state index contributed by atoms with van der Waals surface area (Å²) in [5, 5.41) is 6.59. The van der Waals surface area contributed by atoms with E-state index in [4.69, 9.17) is 0 Å². The van der Waals surface area contributed by atoms with Gasteiger partial charge in [-0.2, -0.15) is 0 Å². The van der Waals surface area contributed by atoms with Crippen LogP contribution in [0.5, 0.6) is 0 Å². The van der Waals surface area contributed by atoms with Gasteiger partial charge in [-0.3, -0.25) is 0 Å². The Morgan fingerprint density at radius 2 is 1.82 bits per heavy atom. The number of hydrogen-bond donors (Lipinski definition) is 2. The normalized spacial score (nSPS) is 12.3. The highest BCUT2D eigenvalue weighted by Gasteiger charge is 2.10. The van der Waals surface area contributed by atoms with Crippen molar-refractivity contribution in [2.24, 2.45) is 0 Å². The highest BCUT2D eigenvalue weighted by atomic mass is 15.1. The van der Waals surface area contributed by atoms with E-state index in [1.54, 1.807) is 0 Å². The van der Waals surface area contributed by atoms with Crippen LogP contribution in [0.25, 0.3) is 0 Å². The van der Waals surface area contributed by atoms with E-state index in [2.05, 4.69) is 41.4 Å². The first-order chi connectivity index (χ1) is 8.12. The molecule has 2 N–H and O–H groups in total. The van der Waals surface area contributed by atoms with E-state index in [0.29, 0.717) is 6.04 Å². The van der Waals surface area contributed by atoms with Gasteiger partial charge in [0.05, 0.1) is 0 Å². The van der Waals surface area contributed by atoms with E-state index in [1.165, 1.54) is 6.42 Å². The molecule has 4 heteroatoms. The van der Waals surface area contributed by atoms with Crippen LogP contribution in [0.2, 0.25) is 0 Å². The average Bonchev–Trinajstić information content (AvgIpc) is 2.32. The zero-order valence-corrected chi connectivity index (χ0v) is 11.6. The van der Waals surface area contributed by atoms with Gasteiger partial charge in [-0.15, -0.1) is 0 Å². The summed E-state index contributed by atoms with van der Waals surface area (Å²) in [6, 6.07) is 0.447. The lowest BCUT2D eigenvalue weighted by Crippen LogP contribution is -2.18. The molecule has 17 heavy (non-hydrogen) atoms. The standard InChI is InChI=1S/C13H24N4/c1-6-8-9(3)15-13-10(4)12(14-5)16-11(7-2)17-13/h9H,6-8H2,1-5H3,(H2,14,15,16,17). The minimum atomic E-state index is 0.447. The largest absolute Gasteiger partial charge is 0.373 e. The average molecular weight is 236 g/mol. The monoisotopic (exact) mass is 236 g/mol. The molecule has 1 aromatic heterocycles. The third-order valence-electron chi connectivity index (χ3n) is 2.85. The first-order valence-corrected chi connectivity index (χ1v) is 6.44. The molecule has 0 bridgehead atoms. The van der Waals surface area contributed by atoms with Crippen molar-refractivity contribution in [2.75, 3.05) is 17.7 Å². The van der Waals surface area contributed by atoms with E-state index < -0.39 is 0 Å². The lowest BCUT2D eigenvalue weighted by atomic mass is 10.2. The predicted molar refractivity (Wildman–Crippen MR) is 73.7 cm³/mol. The minimum Gasteiger partial charge on any atom is -0.373 e. The van der Waals surface area contributed by atoms with Crippen molar-refractivity contribution in [1.82, 2.24) is 9.97 Å². The maximum Gasteiger partial charge on any atom is 0.134 e. The lowest BCUT2D eigenvalue weighted by molar-refractivity contribution is 0.685. The van der Waals surface area contributed by atoms with Gasteiger partial charge >= 0.3 is 0 Å². The number of aromatic nitrogens is 2. The number of rotatable bonds is 6. The number of hydrogen-bond acceptors (Lipinski definition) is 4. The Morgan fingerprint density at radius 3 is 2.35 bits per heavy atom. The van der Waals surface area contributed by atoms with Gasteiger partial charge in [0, 0.05) is 25.1 Å². The second kappa shape index (κ2) is 6.42. The van der Waals surface area contributed by atoms with Crippen molar-refractivity contribution >= 4 is 11.6 Å². The summed E-state index contributed by atoms with van der Waals surface area (Å²) in [7, 11) is 1.90. The van der Waals surface area contributed by atoms with E-state index >= 15 is 0 Å². The van der Waals surface area contributed by atoms with Gasteiger partial charge in [0.1, 0.15) is 17.5 Å². The Bertz CT molecular complexity index is 363. The summed E-state index contributed by atoms with van der Waals surface area (Å²) in [6.07, 6.45) is 3.18. The molecule has 0 aliphatic carbocycles. The van der Waals surface area contributed by atoms with Gasteiger partial charge in [-0.05, 0) is 20.3 Å². The molecule has 1 rings (SSSR count). The van der Waals surface area contributed by atoms with Crippen molar-refractivity contribution in [3.63, 3.8) is 0 Å². The first kappa shape index (κ1) is 13.7. The summed E-state index contributed by atoms with van der Waals surface area (Å²) >= 11 is 0. The zero-order chi connectivity index (χ0) is 12.8. The molecule has 0 radical (unpaired) electrons. The molecule has 0 amide bonds. The molecule has 0 spiro atoms. The molecular weight excluding hydrogens is 212 g/mol. The lowest BCUT2D eigenvalue weighted by Gasteiger charge is -2.17. The maximum atomic E-state index is 4.56. The predicted octanol–water partition coefficient (Wildman–Crippen LogP) is 2.99. The second-order valence-electron chi connectivity index (χ2n) is 4.40. The summed E-state index contributed by atoms with van der Waals surface area (Å²) < 4.78 is 0. The van der Waals surface area contributed by atoms with Gasteiger partial charge in [-0.1, -0.05) is 20.3 Å². The van der Waals surface area contributed by atoms with Crippen molar-refractivity contribution in [1.29, 1.82) is 0 Å². The van der Waals surface area contributed by atoms with E-state index in [1.807, 2.05) is 14.0 Å². The highest BCUT2D eigenvalue weighted by molar-refractivity contribution is 5.57. The van der Waals surface area contributed by atoms with Crippen LogP contribution in [0.3, 0.4) is 0 Å². The Morgan fingerprint density at radius 1 is 1.18 bits per heavy atom. The fraction of sp³-hybridized carbons (Fsp3) is 0.692. The summed E-state index contributed by atoms with van der Waals surface area (Å²) in [6.45, 7) is 8.51. The van der Waals surface area contributed by atoms with E-state index in [9.17, 15) is 0 Å². The SMILES string of the molecule is CCCC(C)Nc1nc(CC)nc(NC)c1C. The molecule has 1 aromatic rings. The molecule has 0 aromatic carbocycles. The topological polar surface area (TPSA) is 49.8 Å². The summed E-state index contributed by atoms with van der Waals surface area (Å²) in [5.41, 5.74) is 1.09. The summed E-state index contributed by atoms with van der Waals surface area (Å²) in [5.74, 6) is 2.76. The van der Waals surface area contributed by atoms with Crippen LogP contribution < -0.4 is 10.6 Å². The molecule has 0 saturated heterocycles. The van der Waals surface area contributed by atoms with Gasteiger partial charge < -0.3 is 10.6 Å². The number of aryl methyl sites for hydroxylation is 1. The summed E-state index contributed by atoms with van der Waals surface area (Å²) in [4.78, 5) is 9.02. The van der Waals surface area contributed by atoms with E-state index in [-0.39, 0.29) is 0 Å². The van der Waals surface area contributed by atoms with Crippen LogP contribution in [0.1, 0.15) is 45.0 Å². The third kappa shape index (κ3) is 3.58. The molecule has 0 aliphatic heterocycles. The third-order valence-corrected chi connectivity index (χ3v) is 2.85. The molecule has 1 unspecified atom stereocenters. The van der Waals surface area contributed by atoms with Crippen molar-refractivity contribution in [3.8, 4) is 0 Å². The zero-order valence-electron chi connectivity index (χ0n) is 11.6. The molecule has 0 saturated carbocycles. The Balaban J connectivity index is 2.96. The molecular formula is C13H24N4. The minimum absolute atomic E-state index is 0.447. The fourth-order valence-electron chi connectivity index (χ4n) is 1.84. The maximum absolute atomic E-state index is 4.56. The Hall–Kier alpha value is -1.32. The van der Waals surface area contributed by atoms with Crippen LogP contribution in [0, 0.1) is 6.92 Å². The van der Waals surface area contributed by atoms with Gasteiger partial charge in [-0.25, -0.2) is 9.97 Å². The second-order valence-corrected chi connectivity index (χ2v) is 4.40. The van der Waals surface area contributed by atoms with Crippen LogP contribution in [0.4, 0.5) is 11.6 Å². The van der Waals surface area contributed by atoms with Gasteiger partial charge in [0.15, 0.2) is 0 Å². The van der Waals surface area contributed by atoms with Crippen LogP contribution in [0.15, 0.2) is 0 Å². The van der Waals surface area contributed by atoms with Crippen LogP contribution >= 0.6 is 0 Å². The molecule has 1 heterocycles.